The van der Waals surface area contributed by atoms with Crippen LogP contribution < -0.4 is 16.8 Å². The smallest absolute Gasteiger partial charge is 0.292 e. The van der Waals surface area contributed by atoms with Gasteiger partial charge in [0, 0.05) is 11.5 Å². The van der Waals surface area contributed by atoms with Crippen LogP contribution in [-0.2, 0) is 0 Å². The average Bonchev–Trinajstić information content (AvgIpc) is 2.90. The molecule has 0 aliphatic carbocycles. The number of hydrogen-bond acceptors (Lipinski definition) is 8. The van der Waals surface area contributed by atoms with E-state index >= 15 is 0 Å². The van der Waals surface area contributed by atoms with E-state index in [4.69, 9.17) is 16.7 Å². The molecule has 0 aliphatic rings. The Balaban J connectivity index is 2.03. The molecule has 0 aliphatic heterocycles. The number of nitriles is 1. The van der Waals surface area contributed by atoms with Crippen molar-refractivity contribution in [3.8, 4) is 6.07 Å². The highest BCUT2D eigenvalue weighted by Crippen LogP contribution is 2.35. The molecule has 25 heavy (non-hydrogen) atoms. The van der Waals surface area contributed by atoms with Crippen molar-refractivity contribution in [1.29, 1.82) is 5.26 Å². The van der Waals surface area contributed by atoms with Gasteiger partial charge in [0.25, 0.3) is 11.6 Å². The highest BCUT2D eigenvalue weighted by molar-refractivity contribution is 7.21. The van der Waals surface area contributed by atoms with E-state index in [0.29, 0.717) is 10.2 Å². The van der Waals surface area contributed by atoms with Crippen LogP contribution >= 0.6 is 11.3 Å². The number of benzene rings is 1. The topological polar surface area (TPSA) is 161 Å². The minimum atomic E-state index is -0.605. The molecule has 0 unspecified atom stereocenters. The average molecular weight is 354 g/mol. The minimum absolute atomic E-state index is 0.0434. The molecular weight excluding hydrogens is 344 g/mol. The molecule has 2 aromatic heterocycles. The van der Waals surface area contributed by atoms with Crippen LogP contribution in [0.1, 0.15) is 15.2 Å². The van der Waals surface area contributed by atoms with Crippen molar-refractivity contribution in [2.75, 3.05) is 16.8 Å². The Morgan fingerprint density at radius 3 is 2.76 bits per heavy atom. The van der Waals surface area contributed by atoms with Crippen LogP contribution in [0.25, 0.3) is 10.2 Å². The molecule has 124 valence electrons. The van der Waals surface area contributed by atoms with Gasteiger partial charge in [-0.3, -0.25) is 14.9 Å². The van der Waals surface area contributed by atoms with E-state index in [1.54, 1.807) is 6.07 Å². The Kier molecular flexibility index (Phi) is 3.92. The molecule has 2 heterocycles. The highest BCUT2D eigenvalue weighted by Gasteiger charge is 2.21. The summed E-state index contributed by atoms with van der Waals surface area (Å²) in [6.45, 7) is 0. The van der Waals surface area contributed by atoms with E-state index in [2.05, 4.69) is 10.3 Å². The standard InChI is InChI=1S/C15H10N6O3S/c16-6-7-5-8-11(17)12(25-15(8)20-13(7)18)14(22)19-9-3-1-2-4-10(9)21(23)24/h1-5H,17H2,(H2,18,20)(H,19,22). The number of aromatic nitrogens is 1. The Hall–Kier alpha value is -3.71. The lowest BCUT2D eigenvalue weighted by Gasteiger charge is -2.05. The molecule has 1 amide bonds. The van der Waals surface area contributed by atoms with Crippen molar-refractivity contribution in [2.24, 2.45) is 0 Å². The molecule has 5 N–H and O–H groups in total. The number of carbonyl (C=O) groups excluding carboxylic acids is 1. The van der Waals surface area contributed by atoms with Gasteiger partial charge in [0.05, 0.1) is 16.2 Å². The Bertz CT molecular complexity index is 1070. The molecule has 10 heteroatoms. The van der Waals surface area contributed by atoms with Gasteiger partial charge in [0.15, 0.2) is 0 Å². The third kappa shape index (κ3) is 2.79. The Morgan fingerprint density at radius 2 is 2.08 bits per heavy atom. The first-order valence-corrected chi connectivity index (χ1v) is 7.67. The number of nitrogens with zero attached hydrogens (tertiary/aromatic N) is 3. The normalized spacial score (nSPS) is 10.4. The van der Waals surface area contributed by atoms with Gasteiger partial charge < -0.3 is 16.8 Å². The maximum atomic E-state index is 12.5. The molecule has 3 rings (SSSR count). The summed E-state index contributed by atoms with van der Waals surface area (Å²) in [5, 5.41) is 23.0. The van der Waals surface area contributed by atoms with Gasteiger partial charge in [-0.1, -0.05) is 12.1 Å². The monoisotopic (exact) mass is 354 g/mol. The van der Waals surface area contributed by atoms with Gasteiger partial charge in [-0.15, -0.1) is 11.3 Å². The minimum Gasteiger partial charge on any atom is -0.397 e. The number of nitrogens with one attached hydrogen (secondary N) is 1. The van der Waals surface area contributed by atoms with Gasteiger partial charge in [-0.2, -0.15) is 5.26 Å². The number of hydrogen-bond donors (Lipinski definition) is 3. The second-order valence-corrected chi connectivity index (χ2v) is 5.96. The number of amides is 1. The van der Waals surface area contributed by atoms with Gasteiger partial charge in [0.1, 0.15) is 27.3 Å². The summed E-state index contributed by atoms with van der Waals surface area (Å²) in [5.41, 5.74) is 11.8. The summed E-state index contributed by atoms with van der Waals surface area (Å²) in [6.07, 6.45) is 0. The number of nitro benzene ring substituents is 1. The molecule has 0 spiro atoms. The number of pyridine rings is 1. The van der Waals surface area contributed by atoms with Gasteiger partial charge in [0.2, 0.25) is 0 Å². The lowest BCUT2D eigenvalue weighted by molar-refractivity contribution is -0.383. The molecule has 0 saturated heterocycles. The third-order valence-electron chi connectivity index (χ3n) is 3.43. The van der Waals surface area contributed by atoms with Crippen molar-refractivity contribution in [1.82, 2.24) is 4.98 Å². The zero-order valence-corrected chi connectivity index (χ0v) is 13.3. The number of nitrogen functional groups attached to an aromatic ring is 2. The van der Waals surface area contributed by atoms with Gasteiger partial charge >= 0.3 is 0 Å². The fourth-order valence-corrected chi connectivity index (χ4v) is 3.21. The molecule has 0 radical (unpaired) electrons. The van der Waals surface area contributed by atoms with E-state index in [1.807, 2.05) is 6.07 Å². The van der Waals surface area contributed by atoms with Crippen molar-refractivity contribution in [3.63, 3.8) is 0 Å². The lowest BCUT2D eigenvalue weighted by atomic mass is 10.2. The fourth-order valence-electron chi connectivity index (χ4n) is 2.23. The quantitative estimate of drug-likeness (QED) is 0.480. The first-order valence-electron chi connectivity index (χ1n) is 6.85. The summed E-state index contributed by atoms with van der Waals surface area (Å²) >= 11 is 0.991. The SMILES string of the molecule is N#Cc1cc2c(N)c(C(=O)Nc3ccccc3[N+](=O)[O-])sc2nc1N. The van der Waals surface area contributed by atoms with Gasteiger partial charge in [-0.25, -0.2) is 4.98 Å². The van der Waals surface area contributed by atoms with Crippen LogP contribution in [0, 0.1) is 21.4 Å². The summed E-state index contributed by atoms with van der Waals surface area (Å²) in [7, 11) is 0. The zero-order chi connectivity index (χ0) is 18.1. The number of nitro groups is 1. The second-order valence-electron chi connectivity index (χ2n) is 4.96. The predicted octanol–water partition coefficient (Wildman–Crippen LogP) is 2.49. The summed E-state index contributed by atoms with van der Waals surface area (Å²) in [6, 6.07) is 9.13. The Labute approximate surface area is 144 Å². The van der Waals surface area contributed by atoms with E-state index in [1.165, 1.54) is 24.3 Å². The highest BCUT2D eigenvalue weighted by atomic mass is 32.1. The summed E-state index contributed by atoms with van der Waals surface area (Å²) in [5.74, 6) is -0.561. The number of rotatable bonds is 3. The third-order valence-corrected chi connectivity index (χ3v) is 4.54. The molecule has 0 atom stereocenters. The molecule has 0 fully saturated rings. The molecule has 3 aromatic rings. The molecule has 9 nitrogen and oxygen atoms in total. The molecule has 0 bridgehead atoms. The maximum absolute atomic E-state index is 12.5. The van der Waals surface area contributed by atoms with Crippen LogP contribution in [0.4, 0.5) is 22.9 Å². The number of nitrogens with two attached hydrogens (primary N) is 2. The summed E-state index contributed by atoms with van der Waals surface area (Å²) < 4.78 is 0. The van der Waals surface area contributed by atoms with Crippen LogP contribution in [0.3, 0.4) is 0 Å². The fraction of sp³-hybridized carbons (Fsp3) is 0. The van der Waals surface area contributed by atoms with Crippen molar-refractivity contribution in [2.45, 2.75) is 0 Å². The molecule has 1 aromatic carbocycles. The largest absolute Gasteiger partial charge is 0.397 e. The van der Waals surface area contributed by atoms with Gasteiger partial charge in [-0.05, 0) is 12.1 Å². The Morgan fingerprint density at radius 1 is 1.36 bits per heavy atom. The number of para-hydroxylation sites is 2. The van der Waals surface area contributed by atoms with Crippen LogP contribution in [-0.4, -0.2) is 15.8 Å². The van der Waals surface area contributed by atoms with E-state index < -0.39 is 10.8 Å². The number of carbonyl (C=O) groups is 1. The number of thiophene rings is 1. The summed E-state index contributed by atoms with van der Waals surface area (Å²) in [4.78, 5) is 27.5. The maximum Gasteiger partial charge on any atom is 0.292 e. The first-order chi connectivity index (χ1) is 11.9. The molecular formula is C15H10N6O3S. The van der Waals surface area contributed by atoms with Crippen LogP contribution in [0.5, 0.6) is 0 Å². The van der Waals surface area contributed by atoms with Crippen molar-refractivity contribution in [3.05, 3.63) is 50.9 Å². The number of fused-ring (bicyclic) bond motifs is 1. The van der Waals surface area contributed by atoms with E-state index in [0.717, 1.165) is 11.3 Å². The number of anilines is 3. The van der Waals surface area contributed by atoms with Crippen LogP contribution in [0.2, 0.25) is 0 Å². The van der Waals surface area contributed by atoms with E-state index in [-0.39, 0.29) is 33.3 Å². The zero-order valence-electron chi connectivity index (χ0n) is 12.5. The van der Waals surface area contributed by atoms with E-state index in [9.17, 15) is 14.9 Å². The first kappa shape index (κ1) is 16.2. The predicted molar refractivity (Wildman–Crippen MR) is 94.2 cm³/mol. The second kappa shape index (κ2) is 6.06. The van der Waals surface area contributed by atoms with Crippen molar-refractivity contribution >= 4 is 50.3 Å². The lowest BCUT2D eigenvalue weighted by Crippen LogP contribution is -2.13. The van der Waals surface area contributed by atoms with Crippen LogP contribution in [0.15, 0.2) is 30.3 Å². The molecule has 0 saturated carbocycles. The van der Waals surface area contributed by atoms with Crippen molar-refractivity contribution < 1.29 is 9.72 Å².